The lowest BCUT2D eigenvalue weighted by Gasteiger charge is -2.10. The number of aromatic hydroxyl groups is 1. The van der Waals surface area contributed by atoms with Crippen molar-refractivity contribution in [1.29, 1.82) is 0 Å². The predicted molar refractivity (Wildman–Crippen MR) is 82.7 cm³/mol. The smallest absolute Gasteiger partial charge is 0.161 e. The number of halogens is 1. The van der Waals surface area contributed by atoms with Crippen molar-refractivity contribution in [3.05, 3.63) is 27.5 Å². The molecule has 1 aromatic carbocycles. The van der Waals surface area contributed by atoms with Crippen LogP contribution in [0.5, 0.6) is 11.5 Å². The fourth-order valence-corrected chi connectivity index (χ4v) is 2.18. The minimum Gasteiger partial charge on any atom is -0.504 e. The van der Waals surface area contributed by atoms with Crippen LogP contribution in [0.4, 0.5) is 5.82 Å². The van der Waals surface area contributed by atoms with Crippen LogP contribution in [0.25, 0.3) is 11.4 Å². The molecule has 0 aliphatic carbocycles. The van der Waals surface area contributed by atoms with Gasteiger partial charge in [0, 0.05) is 12.6 Å². The first-order chi connectivity index (χ1) is 9.06. The van der Waals surface area contributed by atoms with Crippen LogP contribution in [0.3, 0.4) is 0 Å². The van der Waals surface area contributed by atoms with Crippen molar-refractivity contribution in [3.8, 4) is 22.9 Å². The van der Waals surface area contributed by atoms with Gasteiger partial charge in [0.15, 0.2) is 17.3 Å². The number of nitrogens with one attached hydrogen (secondary N) is 1. The number of hydrogen-bond donors (Lipinski definition) is 2. The highest BCUT2D eigenvalue weighted by Gasteiger charge is 2.11. The highest BCUT2D eigenvalue weighted by molar-refractivity contribution is 14.1. The molecule has 0 unspecified atom stereocenters. The maximum absolute atomic E-state index is 9.60. The van der Waals surface area contributed by atoms with Gasteiger partial charge in [-0.05, 0) is 47.7 Å². The Balaban J connectivity index is 2.55. The molecule has 0 bridgehead atoms. The van der Waals surface area contributed by atoms with E-state index in [1.54, 1.807) is 18.2 Å². The molecule has 0 amide bonds. The van der Waals surface area contributed by atoms with Gasteiger partial charge in [-0.1, -0.05) is 0 Å². The number of phenols is 1. The minimum absolute atomic E-state index is 0.0994. The molecule has 0 atom stereocenters. The fourth-order valence-electron chi connectivity index (χ4n) is 1.67. The van der Waals surface area contributed by atoms with Crippen LogP contribution in [0.1, 0.15) is 5.69 Å². The van der Waals surface area contributed by atoms with Crippen molar-refractivity contribution in [3.63, 3.8) is 0 Å². The number of rotatable bonds is 3. The summed E-state index contributed by atoms with van der Waals surface area (Å²) in [7, 11) is 3.34. The van der Waals surface area contributed by atoms with Crippen LogP contribution in [0.15, 0.2) is 18.2 Å². The average Bonchev–Trinajstić information content (AvgIpc) is 2.42. The summed E-state index contributed by atoms with van der Waals surface area (Å²) in [6.45, 7) is 1.94. The molecule has 0 saturated carbocycles. The molecule has 5 nitrogen and oxygen atoms in total. The second-order valence-electron chi connectivity index (χ2n) is 3.93. The first kappa shape index (κ1) is 13.9. The number of phenolic OH excluding ortho intramolecular Hbond substituents is 1. The Kier molecular flexibility index (Phi) is 4.08. The van der Waals surface area contributed by atoms with Gasteiger partial charge in [-0.25, -0.2) is 9.97 Å². The topological polar surface area (TPSA) is 67.3 Å². The number of hydrogen-bond acceptors (Lipinski definition) is 5. The van der Waals surface area contributed by atoms with E-state index in [0.29, 0.717) is 11.6 Å². The summed E-state index contributed by atoms with van der Waals surface area (Å²) < 4.78 is 6.09. The van der Waals surface area contributed by atoms with Crippen LogP contribution in [-0.2, 0) is 0 Å². The van der Waals surface area contributed by atoms with Crippen molar-refractivity contribution in [2.45, 2.75) is 6.92 Å². The van der Waals surface area contributed by atoms with Crippen LogP contribution in [0.2, 0.25) is 0 Å². The van der Waals surface area contributed by atoms with Crippen molar-refractivity contribution in [2.24, 2.45) is 0 Å². The predicted octanol–water partition coefficient (Wildman–Crippen LogP) is 2.81. The van der Waals surface area contributed by atoms with Gasteiger partial charge in [-0.2, -0.15) is 0 Å². The van der Waals surface area contributed by atoms with Gasteiger partial charge in [0.25, 0.3) is 0 Å². The molecule has 1 aromatic heterocycles. The van der Waals surface area contributed by atoms with Gasteiger partial charge in [-0.3, -0.25) is 0 Å². The molecular weight excluding hydrogens is 357 g/mol. The first-order valence-corrected chi connectivity index (χ1v) is 6.74. The van der Waals surface area contributed by atoms with Crippen LogP contribution >= 0.6 is 22.6 Å². The van der Waals surface area contributed by atoms with Crippen LogP contribution in [0, 0.1) is 10.5 Å². The SMILES string of the molecule is CNc1nc(-c2ccc(O)c(OC)c2)nc(C)c1I. The molecule has 0 fully saturated rings. The molecule has 0 spiro atoms. The summed E-state index contributed by atoms with van der Waals surface area (Å²) in [5.74, 6) is 1.89. The molecule has 6 heteroatoms. The van der Waals surface area contributed by atoms with Crippen molar-refractivity contribution >= 4 is 28.4 Å². The van der Waals surface area contributed by atoms with E-state index in [-0.39, 0.29) is 5.75 Å². The molecular formula is C13H14IN3O2. The molecule has 100 valence electrons. The van der Waals surface area contributed by atoms with E-state index in [4.69, 9.17) is 4.74 Å². The fraction of sp³-hybridized carbons (Fsp3) is 0.231. The summed E-state index contributed by atoms with van der Waals surface area (Å²) in [4.78, 5) is 8.92. The molecule has 0 aliphatic rings. The normalized spacial score (nSPS) is 10.3. The second kappa shape index (κ2) is 5.60. The summed E-state index contributed by atoms with van der Waals surface area (Å²) >= 11 is 2.21. The van der Waals surface area contributed by atoms with E-state index < -0.39 is 0 Å². The molecule has 19 heavy (non-hydrogen) atoms. The number of benzene rings is 1. The number of anilines is 1. The highest BCUT2D eigenvalue weighted by Crippen LogP contribution is 2.31. The number of aromatic nitrogens is 2. The largest absolute Gasteiger partial charge is 0.504 e. The summed E-state index contributed by atoms with van der Waals surface area (Å²) in [5, 5.41) is 12.6. The molecule has 0 radical (unpaired) electrons. The summed E-state index contributed by atoms with van der Waals surface area (Å²) in [6, 6.07) is 5.05. The van der Waals surface area contributed by atoms with Gasteiger partial charge in [0.05, 0.1) is 16.4 Å². The zero-order valence-electron chi connectivity index (χ0n) is 10.9. The Bertz CT molecular complexity index is 617. The van der Waals surface area contributed by atoms with E-state index in [1.165, 1.54) is 7.11 Å². The number of aryl methyl sites for hydroxylation is 1. The van der Waals surface area contributed by atoms with Crippen LogP contribution in [-0.4, -0.2) is 29.2 Å². The quantitative estimate of drug-likeness (QED) is 0.813. The lowest BCUT2D eigenvalue weighted by Crippen LogP contribution is -2.02. The van der Waals surface area contributed by atoms with E-state index in [2.05, 4.69) is 37.9 Å². The summed E-state index contributed by atoms with van der Waals surface area (Å²) in [6.07, 6.45) is 0. The molecule has 1 heterocycles. The van der Waals surface area contributed by atoms with E-state index >= 15 is 0 Å². The molecule has 2 N–H and O–H groups in total. The van der Waals surface area contributed by atoms with Crippen molar-refractivity contribution in [2.75, 3.05) is 19.5 Å². The standard InChI is InChI=1S/C13H14IN3O2/c1-7-11(14)13(15-2)17-12(16-7)8-4-5-9(18)10(6-8)19-3/h4-6,18H,1-3H3,(H,15,16,17). The lowest BCUT2D eigenvalue weighted by atomic mass is 10.2. The average molecular weight is 371 g/mol. The third-order valence-electron chi connectivity index (χ3n) is 2.69. The zero-order chi connectivity index (χ0) is 14.0. The third kappa shape index (κ3) is 2.73. The van der Waals surface area contributed by atoms with Gasteiger partial charge >= 0.3 is 0 Å². The van der Waals surface area contributed by atoms with Gasteiger partial charge in [0.1, 0.15) is 5.82 Å². The Morgan fingerprint density at radius 1 is 1.32 bits per heavy atom. The molecule has 0 saturated heterocycles. The van der Waals surface area contributed by atoms with Crippen molar-refractivity contribution < 1.29 is 9.84 Å². The molecule has 2 aromatic rings. The Morgan fingerprint density at radius 2 is 2.05 bits per heavy atom. The van der Waals surface area contributed by atoms with E-state index in [1.807, 2.05) is 14.0 Å². The number of nitrogens with zero attached hydrogens (tertiary/aromatic N) is 2. The number of ether oxygens (including phenoxy) is 1. The van der Waals surface area contributed by atoms with Crippen molar-refractivity contribution in [1.82, 2.24) is 9.97 Å². The minimum atomic E-state index is 0.0994. The maximum atomic E-state index is 9.60. The summed E-state index contributed by atoms with van der Waals surface area (Å²) in [5.41, 5.74) is 1.70. The highest BCUT2D eigenvalue weighted by atomic mass is 127. The lowest BCUT2D eigenvalue weighted by molar-refractivity contribution is 0.373. The Morgan fingerprint density at radius 3 is 2.68 bits per heavy atom. The second-order valence-corrected chi connectivity index (χ2v) is 5.01. The Labute approximate surface area is 125 Å². The van der Waals surface area contributed by atoms with Gasteiger partial charge < -0.3 is 15.2 Å². The third-order valence-corrected chi connectivity index (χ3v) is 3.98. The molecule has 2 rings (SSSR count). The first-order valence-electron chi connectivity index (χ1n) is 5.66. The van der Waals surface area contributed by atoms with E-state index in [0.717, 1.165) is 20.6 Å². The van der Waals surface area contributed by atoms with Crippen LogP contribution < -0.4 is 10.1 Å². The van der Waals surface area contributed by atoms with E-state index in [9.17, 15) is 5.11 Å². The van der Waals surface area contributed by atoms with Gasteiger partial charge in [-0.15, -0.1) is 0 Å². The number of methoxy groups -OCH3 is 1. The molecule has 0 aliphatic heterocycles. The maximum Gasteiger partial charge on any atom is 0.161 e. The zero-order valence-corrected chi connectivity index (χ0v) is 13.0. The monoisotopic (exact) mass is 371 g/mol. The Hall–Kier alpha value is -1.57. The van der Waals surface area contributed by atoms with Gasteiger partial charge in [0.2, 0.25) is 0 Å².